The van der Waals surface area contributed by atoms with Gasteiger partial charge in [0.2, 0.25) is 5.69 Å². The van der Waals surface area contributed by atoms with Crippen LogP contribution in [0, 0.1) is 25.2 Å². The molecule has 0 radical (unpaired) electrons. The number of nitriles is 1. The van der Waals surface area contributed by atoms with Crippen LogP contribution < -0.4 is 4.57 Å². The summed E-state index contributed by atoms with van der Waals surface area (Å²) in [7, 11) is 2.05. The average molecular weight is 389 g/mol. The molecule has 3 aromatic carbocycles. The summed E-state index contributed by atoms with van der Waals surface area (Å²) in [6, 6.07) is 24.8. The number of hydrogen-bond donors (Lipinski definition) is 0. The van der Waals surface area contributed by atoms with Crippen molar-refractivity contribution >= 4 is 21.9 Å². The summed E-state index contributed by atoms with van der Waals surface area (Å²) in [5.41, 5.74) is 8.73. The summed E-state index contributed by atoms with van der Waals surface area (Å²) in [6.45, 7) is 4.19. The second-order valence-electron chi connectivity index (χ2n) is 7.72. The summed E-state index contributed by atoms with van der Waals surface area (Å²) >= 11 is 0. The minimum Gasteiger partial charge on any atom is -0.454 e. The summed E-state index contributed by atoms with van der Waals surface area (Å²) in [5, 5.41) is 11.8. The molecule has 0 atom stereocenters. The number of pyridine rings is 1. The van der Waals surface area contributed by atoms with Gasteiger partial charge in [-0.2, -0.15) is 5.26 Å². The molecule has 0 aliphatic carbocycles. The van der Waals surface area contributed by atoms with Crippen LogP contribution in [0.1, 0.15) is 16.7 Å². The SMILES string of the molecule is Cc1ccc2c(oc3c(-c4cccc[n+]4C)c(C)ccc32)c1-c1ccccc1C#N. The van der Waals surface area contributed by atoms with Gasteiger partial charge >= 0.3 is 0 Å². The molecular weight excluding hydrogens is 368 g/mol. The minimum absolute atomic E-state index is 0.652. The predicted octanol–water partition coefficient (Wildman–Crippen LogP) is 6.23. The summed E-state index contributed by atoms with van der Waals surface area (Å²) < 4.78 is 8.73. The molecule has 0 unspecified atom stereocenters. The van der Waals surface area contributed by atoms with Crippen molar-refractivity contribution in [2.45, 2.75) is 13.8 Å². The van der Waals surface area contributed by atoms with E-state index in [1.807, 2.05) is 30.3 Å². The zero-order chi connectivity index (χ0) is 20.8. The van der Waals surface area contributed by atoms with Gasteiger partial charge in [-0.25, -0.2) is 4.57 Å². The van der Waals surface area contributed by atoms with Crippen LogP contribution in [-0.4, -0.2) is 0 Å². The smallest absolute Gasteiger partial charge is 0.216 e. The van der Waals surface area contributed by atoms with Gasteiger partial charge in [0, 0.05) is 34.0 Å². The Hall–Kier alpha value is -3.90. The lowest BCUT2D eigenvalue weighted by atomic mass is 9.94. The van der Waals surface area contributed by atoms with Crippen molar-refractivity contribution < 1.29 is 8.98 Å². The third-order valence-corrected chi connectivity index (χ3v) is 5.85. The van der Waals surface area contributed by atoms with Gasteiger partial charge in [-0.1, -0.05) is 42.5 Å². The first-order chi connectivity index (χ1) is 14.6. The molecule has 2 heterocycles. The number of furan rings is 1. The van der Waals surface area contributed by atoms with E-state index in [-0.39, 0.29) is 0 Å². The maximum atomic E-state index is 9.66. The summed E-state index contributed by atoms with van der Waals surface area (Å²) in [4.78, 5) is 0. The molecule has 0 bridgehead atoms. The van der Waals surface area contributed by atoms with Crippen LogP contribution >= 0.6 is 0 Å². The number of benzene rings is 3. The van der Waals surface area contributed by atoms with Crippen LogP contribution in [0.15, 0.2) is 77.3 Å². The summed E-state index contributed by atoms with van der Waals surface area (Å²) in [5.74, 6) is 0. The average Bonchev–Trinajstić information content (AvgIpc) is 3.13. The molecule has 0 spiro atoms. The fraction of sp³-hybridized carbons (Fsp3) is 0.111. The van der Waals surface area contributed by atoms with Crippen LogP contribution in [0.3, 0.4) is 0 Å². The van der Waals surface area contributed by atoms with Crippen molar-refractivity contribution in [1.82, 2.24) is 0 Å². The van der Waals surface area contributed by atoms with E-state index in [0.717, 1.165) is 49.9 Å². The van der Waals surface area contributed by atoms with Crippen molar-refractivity contribution in [2.24, 2.45) is 7.05 Å². The molecule has 0 saturated carbocycles. The number of nitrogens with zero attached hydrogens (tertiary/aromatic N) is 2. The van der Waals surface area contributed by atoms with Crippen LogP contribution in [0.5, 0.6) is 0 Å². The van der Waals surface area contributed by atoms with Crippen molar-refractivity contribution in [3.8, 4) is 28.5 Å². The fourth-order valence-corrected chi connectivity index (χ4v) is 4.34. The fourth-order valence-electron chi connectivity index (χ4n) is 4.34. The van der Waals surface area contributed by atoms with Gasteiger partial charge in [0.15, 0.2) is 6.20 Å². The topological polar surface area (TPSA) is 40.8 Å². The van der Waals surface area contributed by atoms with Gasteiger partial charge < -0.3 is 4.42 Å². The first-order valence-electron chi connectivity index (χ1n) is 10.00. The summed E-state index contributed by atoms with van der Waals surface area (Å²) in [6.07, 6.45) is 2.05. The second kappa shape index (κ2) is 6.86. The minimum atomic E-state index is 0.652. The molecule has 0 saturated heterocycles. The van der Waals surface area contributed by atoms with Gasteiger partial charge in [-0.05, 0) is 37.1 Å². The van der Waals surface area contributed by atoms with E-state index >= 15 is 0 Å². The Balaban J connectivity index is 1.93. The van der Waals surface area contributed by atoms with E-state index in [9.17, 15) is 5.26 Å². The van der Waals surface area contributed by atoms with E-state index in [1.54, 1.807) is 0 Å². The van der Waals surface area contributed by atoms with Crippen molar-refractivity contribution in [2.75, 3.05) is 0 Å². The Labute approximate surface area is 175 Å². The number of rotatable bonds is 2. The highest BCUT2D eigenvalue weighted by atomic mass is 16.3. The highest BCUT2D eigenvalue weighted by molar-refractivity contribution is 6.13. The zero-order valence-electron chi connectivity index (χ0n) is 17.2. The number of aryl methyl sites for hydroxylation is 3. The Bertz CT molecular complexity index is 1480. The molecule has 0 aliphatic rings. The van der Waals surface area contributed by atoms with Crippen LogP contribution in [-0.2, 0) is 7.05 Å². The number of aromatic nitrogens is 1. The Morgan fingerprint density at radius 1 is 0.767 bits per heavy atom. The van der Waals surface area contributed by atoms with Crippen LogP contribution in [0.4, 0.5) is 0 Å². The lowest BCUT2D eigenvalue weighted by Gasteiger charge is -2.08. The van der Waals surface area contributed by atoms with Gasteiger partial charge in [-0.3, -0.25) is 0 Å². The Morgan fingerprint density at radius 3 is 2.10 bits per heavy atom. The van der Waals surface area contributed by atoms with Gasteiger partial charge in [-0.15, -0.1) is 0 Å². The van der Waals surface area contributed by atoms with E-state index in [1.165, 1.54) is 5.56 Å². The lowest BCUT2D eigenvalue weighted by Crippen LogP contribution is -2.30. The zero-order valence-corrected chi connectivity index (χ0v) is 17.2. The molecule has 5 aromatic rings. The molecular formula is C27H21N2O+. The molecule has 3 nitrogen and oxygen atoms in total. The quantitative estimate of drug-likeness (QED) is 0.336. The molecule has 0 N–H and O–H groups in total. The van der Waals surface area contributed by atoms with Gasteiger partial charge in [0.25, 0.3) is 0 Å². The molecule has 0 aliphatic heterocycles. The second-order valence-corrected chi connectivity index (χ2v) is 7.72. The number of hydrogen-bond acceptors (Lipinski definition) is 2. The molecule has 3 heteroatoms. The molecule has 0 fully saturated rings. The largest absolute Gasteiger partial charge is 0.454 e. The normalized spacial score (nSPS) is 11.1. The van der Waals surface area contributed by atoms with Gasteiger partial charge in [0.05, 0.1) is 17.2 Å². The maximum Gasteiger partial charge on any atom is 0.216 e. The van der Waals surface area contributed by atoms with E-state index < -0.39 is 0 Å². The molecule has 2 aromatic heterocycles. The predicted molar refractivity (Wildman–Crippen MR) is 120 cm³/mol. The highest BCUT2D eigenvalue weighted by Gasteiger charge is 2.22. The Kier molecular flexibility index (Phi) is 4.15. The maximum absolute atomic E-state index is 9.66. The third kappa shape index (κ3) is 2.62. The monoisotopic (exact) mass is 389 g/mol. The van der Waals surface area contributed by atoms with Gasteiger partial charge in [0.1, 0.15) is 18.2 Å². The van der Waals surface area contributed by atoms with E-state index in [4.69, 9.17) is 4.42 Å². The van der Waals surface area contributed by atoms with Crippen molar-refractivity contribution in [3.63, 3.8) is 0 Å². The molecule has 144 valence electrons. The molecule has 30 heavy (non-hydrogen) atoms. The lowest BCUT2D eigenvalue weighted by molar-refractivity contribution is -0.660. The van der Waals surface area contributed by atoms with Crippen molar-refractivity contribution in [3.05, 3.63) is 89.6 Å². The van der Waals surface area contributed by atoms with E-state index in [0.29, 0.717) is 5.56 Å². The van der Waals surface area contributed by atoms with Crippen molar-refractivity contribution in [1.29, 1.82) is 5.26 Å². The number of fused-ring (bicyclic) bond motifs is 3. The van der Waals surface area contributed by atoms with Crippen LogP contribution in [0.2, 0.25) is 0 Å². The van der Waals surface area contributed by atoms with E-state index in [2.05, 4.69) is 74.1 Å². The Morgan fingerprint density at radius 2 is 1.40 bits per heavy atom. The third-order valence-electron chi connectivity index (χ3n) is 5.85. The first kappa shape index (κ1) is 18.1. The molecule has 5 rings (SSSR count). The first-order valence-corrected chi connectivity index (χ1v) is 10.00. The highest BCUT2D eigenvalue weighted by Crippen LogP contribution is 2.42. The standard InChI is InChI=1S/C27H21N2O/c1-17-11-13-21-22-14-12-18(2)25(23-10-6-7-15-29(23)3)27(22)30-26(21)24(17)20-9-5-4-8-19(20)16-28/h4-15H,1-3H3/q+1. The molecule has 0 amide bonds. The van der Waals surface area contributed by atoms with Crippen LogP contribution in [0.25, 0.3) is 44.3 Å².